The Morgan fingerprint density at radius 2 is 1.88 bits per heavy atom. The normalized spacial score (nSPS) is 13.6. The van der Waals surface area contributed by atoms with Crippen LogP contribution >= 0.6 is 15.9 Å². The molecular weight excluding hydrogens is 264 g/mol. The van der Waals surface area contributed by atoms with Crippen LogP contribution in [0.15, 0.2) is 22.7 Å². The van der Waals surface area contributed by atoms with Crippen LogP contribution in [0.25, 0.3) is 0 Å². The largest absolute Gasteiger partial charge is 0.397 e. The fraction of sp³-hybridized carbons (Fsp3) is 0.538. The second-order valence-electron chi connectivity index (χ2n) is 5.36. The smallest absolute Gasteiger partial charge is 0.0600 e. The Morgan fingerprint density at radius 3 is 2.31 bits per heavy atom. The Morgan fingerprint density at radius 1 is 1.31 bits per heavy atom. The van der Waals surface area contributed by atoms with Crippen molar-refractivity contribution < 1.29 is 0 Å². The zero-order valence-corrected chi connectivity index (χ0v) is 12.3. The lowest BCUT2D eigenvalue weighted by atomic mass is 9.87. The van der Waals surface area contributed by atoms with Crippen molar-refractivity contribution in [3.8, 4) is 0 Å². The van der Waals surface area contributed by atoms with Crippen molar-refractivity contribution in [1.29, 1.82) is 0 Å². The molecule has 0 fully saturated rings. The highest BCUT2D eigenvalue weighted by atomic mass is 79.9. The second-order valence-corrected chi connectivity index (χ2v) is 6.27. The fourth-order valence-corrected chi connectivity index (χ4v) is 2.01. The molecule has 0 saturated carbocycles. The standard InChI is InChI=1S/C13H21BrN2/c1-9(13(2,3)4)16(5)12-7-6-10(14)8-11(12)15/h6-9H,15H2,1-5H3. The molecular formula is C13H21BrN2. The van der Waals surface area contributed by atoms with Gasteiger partial charge in [0.05, 0.1) is 11.4 Å². The van der Waals surface area contributed by atoms with Crippen molar-refractivity contribution in [2.24, 2.45) is 5.41 Å². The predicted molar refractivity (Wildman–Crippen MR) is 75.9 cm³/mol. The topological polar surface area (TPSA) is 29.3 Å². The summed E-state index contributed by atoms with van der Waals surface area (Å²) in [5, 5.41) is 0. The van der Waals surface area contributed by atoms with Crippen LogP contribution in [0.5, 0.6) is 0 Å². The van der Waals surface area contributed by atoms with Crippen LogP contribution in [0, 0.1) is 5.41 Å². The van der Waals surface area contributed by atoms with E-state index >= 15 is 0 Å². The molecule has 1 unspecified atom stereocenters. The Labute approximate surface area is 107 Å². The van der Waals surface area contributed by atoms with Crippen molar-refractivity contribution in [2.75, 3.05) is 17.7 Å². The molecule has 0 aliphatic rings. The molecule has 2 N–H and O–H groups in total. The highest BCUT2D eigenvalue weighted by Gasteiger charge is 2.24. The first kappa shape index (κ1) is 13.4. The molecule has 3 heteroatoms. The summed E-state index contributed by atoms with van der Waals surface area (Å²) < 4.78 is 1.02. The molecule has 0 amide bonds. The van der Waals surface area contributed by atoms with Gasteiger partial charge in [-0.25, -0.2) is 0 Å². The average molecular weight is 285 g/mol. The van der Waals surface area contributed by atoms with Gasteiger partial charge in [0.25, 0.3) is 0 Å². The van der Waals surface area contributed by atoms with Crippen LogP contribution in [-0.2, 0) is 0 Å². The van der Waals surface area contributed by atoms with E-state index in [4.69, 9.17) is 5.73 Å². The summed E-state index contributed by atoms with van der Waals surface area (Å²) >= 11 is 3.42. The molecule has 1 rings (SSSR count). The van der Waals surface area contributed by atoms with Crippen molar-refractivity contribution in [1.82, 2.24) is 0 Å². The third-order valence-corrected chi connectivity index (χ3v) is 3.70. The lowest BCUT2D eigenvalue weighted by molar-refractivity contribution is 0.330. The van der Waals surface area contributed by atoms with Crippen LogP contribution < -0.4 is 10.6 Å². The summed E-state index contributed by atoms with van der Waals surface area (Å²) in [7, 11) is 2.09. The molecule has 0 aliphatic heterocycles. The van der Waals surface area contributed by atoms with Crippen molar-refractivity contribution in [3.05, 3.63) is 22.7 Å². The summed E-state index contributed by atoms with van der Waals surface area (Å²) in [6.45, 7) is 8.94. The number of nitrogens with two attached hydrogens (primary N) is 1. The number of halogens is 1. The van der Waals surface area contributed by atoms with Gasteiger partial charge in [-0.3, -0.25) is 0 Å². The van der Waals surface area contributed by atoms with E-state index in [0.29, 0.717) is 6.04 Å². The Kier molecular flexibility index (Phi) is 3.89. The SMILES string of the molecule is CC(N(C)c1ccc(Br)cc1N)C(C)(C)C. The van der Waals surface area contributed by atoms with Gasteiger partial charge in [-0.15, -0.1) is 0 Å². The maximum atomic E-state index is 6.03. The maximum Gasteiger partial charge on any atom is 0.0600 e. The van der Waals surface area contributed by atoms with Crippen molar-refractivity contribution in [2.45, 2.75) is 33.7 Å². The van der Waals surface area contributed by atoms with E-state index in [2.05, 4.69) is 61.6 Å². The molecule has 2 nitrogen and oxygen atoms in total. The molecule has 0 radical (unpaired) electrons. The summed E-state index contributed by atoms with van der Waals surface area (Å²) in [4.78, 5) is 2.24. The predicted octanol–water partition coefficient (Wildman–Crippen LogP) is 3.90. The number of rotatable bonds is 2. The van der Waals surface area contributed by atoms with Gasteiger partial charge < -0.3 is 10.6 Å². The Balaban J connectivity index is 3.01. The van der Waals surface area contributed by atoms with Crippen LogP contribution in [0.2, 0.25) is 0 Å². The number of hydrogen-bond donors (Lipinski definition) is 1. The molecule has 0 aliphatic carbocycles. The Bertz CT molecular complexity index is 369. The maximum absolute atomic E-state index is 6.03. The summed E-state index contributed by atoms with van der Waals surface area (Å²) in [6.07, 6.45) is 0. The first-order valence-electron chi connectivity index (χ1n) is 5.51. The van der Waals surface area contributed by atoms with Gasteiger partial charge in [0.2, 0.25) is 0 Å². The van der Waals surface area contributed by atoms with Crippen LogP contribution in [0.3, 0.4) is 0 Å². The average Bonchev–Trinajstić information content (AvgIpc) is 2.14. The summed E-state index contributed by atoms with van der Waals surface area (Å²) in [5.41, 5.74) is 8.16. The molecule has 1 atom stereocenters. The molecule has 1 aromatic carbocycles. The zero-order valence-electron chi connectivity index (χ0n) is 10.7. The van der Waals surface area contributed by atoms with Gasteiger partial charge in [0.15, 0.2) is 0 Å². The quantitative estimate of drug-likeness (QED) is 0.835. The Hall–Kier alpha value is -0.700. The molecule has 0 spiro atoms. The molecule has 16 heavy (non-hydrogen) atoms. The molecule has 1 aromatic rings. The number of nitrogens with zero attached hydrogens (tertiary/aromatic N) is 1. The van der Waals surface area contributed by atoms with Crippen LogP contribution in [0.4, 0.5) is 11.4 Å². The van der Waals surface area contributed by atoms with E-state index in [1.54, 1.807) is 0 Å². The van der Waals surface area contributed by atoms with E-state index in [0.717, 1.165) is 15.8 Å². The molecule has 0 aromatic heterocycles. The highest BCUT2D eigenvalue weighted by Crippen LogP contribution is 2.32. The third kappa shape index (κ3) is 2.91. The molecule has 0 bridgehead atoms. The summed E-state index contributed by atoms with van der Waals surface area (Å²) in [6, 6.07) is 6.46. The van der Waals surface area contributed by atoms with Crippen LogP contribution in [-0.4, -0.2) is 13.1 Å². The number of hydrogen-bond acceptors (Lipinski definition) is 2. The van der Waals surface area contributed by atoms with Crippen LogP contribution in [0.1, 0.15) is 27.7 Å². The van der Waals surface area contributed by atoms with Gasteiger partial charge in [-0.05, 0) is 30.5 Å². The van der Waals surface area contributed by atoms with Gasteiger partial charge >= 0.3 is 0 Å². The van der Waals surface area contributed by atoms with E-state index < -0.39 is 0 Å². The number of nitrogen functional groups attached to an aromatic ring is 1. The lowest BCUT2D eigenvalue weighted by Crippen LogP contribution is -2.39. The van der Waals surface area contributed by atoms with Gasteiger partial charge in [0, 0.05) is 17.6 Å². The lowest BCUT2D eigenvalue weighted by Gasteiger charge is -2.37. The van der Waals surface area contributed by atoms with Crippen molar-refractivity contribution >= 4 is 27.3 Å². The highest BCUT2D eigenvalue weighted by molar-refractivity contribution is 9.10. The molecule has 90 valence electrons. The molecule has 0 heterocycles. The van der Waals surface area contributed by atoms with Gasteiger partial charge in [-0.1, -0.05) is 36.7 Å². The van der Waals surface area contributed by atoms with Crippen molar-refractivity contribution in [3.63, 3.8) is 0 Å². The first-order valence-corrected chi connectivity index (χ1v) is 6.30. The molecule has 0 saturated heterocycles. The minimum atomic E-state index is 0.230. The monoisotopic (exact) mass is 284 g/mol. The number of benzene rings is 1. The summed E-state index contributed by atoms with van der Waals surface area (Å²) in [5.74, 6) is 0. The van der Waals surface area contributed by atoms with E-state index in [-0.39, 0.29) is 5.41 Å². The minimum Gasteiger partial charge on any atom is -0.397 e. The zero-order chi connectivity index (χ0) is 12.5. The minimum absolute atomic E-state index is 0.230. The van der Waals surface area contributed by atoms with E-state index in [9.17, 15) is 0 Å². The second kappa shape index (κ2) is 4.66. The third-order valence-electron chi connectivity index (χ3n) is 3.20. The van der Waals surface area contributed by atoms with Gasteiger partial charge in [-0.2, -0.15) is 0 Å². The van der Waals surface area contributed by atoms with E-state index in [1.165, 1.54) is 0 Å². The van der Waals surface area contributed by atoms with Gasteiger partial charge in [0.1, 0.15) is 0 Å². The first-order chi connectivity index (χ1) is 7.23. The van der Waals surface area contributed by atoms with E-state index in [1.807, 2.05) is 12.1 Å². The fourth-order valence-electron chi connectivity index (χ4n) is 1.64. The number of anilines is 2.